The number of nitrogens with one attached hydrogen (secondary N) is 1. The van der Waals surface area contributed by atoms with Gasteiger partial charge >= 0.3 is 5.97 Å². The second-order valence-electron chi connectivity index (χ2n) is 8.57. The van der Waals surface area contributed by atoms with Gasteiger partial charge in [-0.3, -0.25) is 9.59 Å². The summed E-state index contributed by atoms with van der Waals surface area (Å²) in [6, 6.07) is 6.04. The molecule has 0 heterocycles. The number of para-hydroxylation sites is 1. The van der Waals surface area contributed by atoms with Gasteiger partial charge in [0, 0.05) is 4.87 Å². The van der Waals surface area contributed by atoms with E-state index in [1.807, 2.05) is 0 Å². The van der Waals surface area contributed by atoms with Gasteiger partial charge in [0.05, 0.1) is 5.41 Å². The molecular formula is C21H25ClFNO4. The normalized spacial score (nSPS) is 32.8. The van der Waals surface area contributed by atoms with Crippen LogP contribution in [0.25, 0.3) is 0 Å². The average molecular weight is 410 g/mol. The van der Waals surface area contributed by atoms with Crippen LogP contribution in [0.3, 0.4) is 0 Å². The molecule has 0 aliphatic heterocycles. The SMILES string of the molecule is O=C(CNC(=O)C12CC3CC(CC(Cl)(C3)C1)C2)OCCOc1ccccc1F. The molecule has 1 aromatic rings. The molecule has 4 bridgehead atoms. The molecule has 0 saturated heterocycles. The van der Waals surface area contributed by atoms with Crippen molar-refractivity contribution in [3.05, 3.63) is 30.1 Å². The van der Waals surface area contributed by atoms with Gasteiger partial charge < -0.3 is 14.8 Å². The molecule has 4 fully saturated rings. The number of hydrogen-bond donors (Lipinski definition) is 1. The number of carbonyl (C=O) groups excluding carboxylic acids is 2. The number of carbonyl (C=O) groups is 2. The average Bonchev–Trinajstić information content (AvgIpc) is 2.62. The van der Waals surface area contributed by atoms with Crippen LogP contribution in [0, 0.1) is 23.1 Å². The molecule has 1 N–H and O–H groups in total. The molecule has 1 aromatic carbocycles. The molecule has 4 saturated carbocycles. The van der Waals surface area contributed by atoms with Crippen molar-refractivity contribution in [1.82, 2.24) is 5.32 Å². The molecule has 5 nitrogen and oxygen atoms in total. The highest BCUT2D eigenvalue weighted by Crippen LogP contribution is 2.63. The minimum absolute atomic E-state index is 0.0108. The predicted octanol–water partition coefficient (Wildman–Crippen LogP) is 3.44. The van der Waals surface area contributed by atoms with Crippen LogP contribution in [0.1, 0.15) is 38.5 Å². The van der Waals surface area contributed by atoms with Crippen molar-refractivity contribution in [3.8, 4) is 5.75 Å². The van der Waals surface area contributed by atoms with E-state index in [-0.39, 0.29) is 36.3 Å². The first kappa shape index (κ1) is 19.5. The van der Waals surface area contributed by atoms with Gasteiger partial charge in [0.15, 0.2) is 11.6 Å². The number of benzene rings is 1. The standard InChI is InChI=1S/C21H25ClFNO4/c22-21-10-14-7-15(11-21)9-20(8-14,13-21)19(26)24-12-18(25)28-6-5-27-17-4-2-1-3-16(17)23/h1-4,14-15H,5-13H2,(H,24,26). The molecule has 0 radical (unpaired) electrons. The molecule has 7 heteroatoms. The smallest absolute Gasteiger partial charge is 0.325 e. The molecule has 2 unspecified atom stereocenters. The van der Waals surface area contributed by atoms with Crippen molar-refractivity contribution in [2.45, 2.75) is 43.4 Å². The van der Waals surface area contributed by atoms with Crippen LogP contribution >= 0.6 is 11.6 Å². The Balaban J connectivity index is 1.21. The van der Waals surface area contributed by atoms with Gasteiger partial charge in [-0.2, -0.15) is 0 Å². The molecule has 1 amide bonds. The highest BCUT2D eigenvalue weighted by atomic mass is 35.5. The lowest BCUT2D eigenvalue weighted by Gasteiger charge is -2.59. The number of ether oxygens (including phenoxy) is 2. The van der Waals surface area contributed by atoms with Gasteiger partial charge in [0.1, 0.15) is 19.8 Å². The minimum Gasteiger partial charge on any atom is -0.487 e. The Bertz CT molecular complexity index is 757. The fraction of sp³-hybridized carbons (Fsp3) is 0.619. The first-order chi connectivity index (χ1) is 13.4. The van der Waals surface area contributed by atoms with E-state index in [0.717, 1.165) is 25.7 Å². The summed E-state index contributed by atoms with van der Waals surface area (Å²) in [5.74, 6) is 0.0818. The zero-order chi connectivity index (χ0) is 19.8. The van der Waals surface area contributed by atoms with Crippen molar-refractivity contribution in [2.75, 3.05) is 19.8 Å². The van der Waals surface area contributed by atoms with Gasteiger partial charge in [-0.05, 0) is 62.5 Å². The van der Waals surface area contributed by atoms with Gasteiger partial charge in [0.25, 0.3) is 0 Å². The summed E-state index contributed by atoms with van der Waals surface area (Å²) >= 11 is 6.76. The third kappa shape index (κ3) is 3.97. The fourth-order valence-corrected chi connectivity index (χ4v) is 6.37. The molecule has 4 aliphatic carbocycles. The monoisotopic (exact) mass is 409 g/mol. The summed E-state index contributed by atoms with van der Waals surface area (Å²) in [6.45, 7) is -0.142. The first-order valence-electron chi connectivity index (χ1n) is 9.88. The maximum atomic E-state index is 13.4. The number of esters is 1. The van der Waals surface area contributed by atoms with E-state index in [1.54, 1.807) is 12.1 Å². The summed E-state index contributed by atoms with van der Waals surface area (Å²) in [7, 11) is 0. The quantitative estimate of drug-likeness (QED) is 0.425. The Kier molecular flexibility index (Phi) is 5.25. The highest BCUT2D eigenvalue weighted by molar-refractivity contribution is 6.24. The second-order valence-corrected chi connectivity index (χ2v) is 9.38. The Labute approximate surface area is 168 Å². The number of alkyl halides is 1. The van der Waals surface area contributed by atoms with E-state index in [9.17, 15) is 14.0 Å². The van der Waals surface area contributed by atoms with Crippen LogP contribution in [0.15, 0.2) is 24.3 Å². The van der Waals surface area contributed by atoms with E-state index in [1.165, 1.54) is 18.6 Å². The van der Waals surface area contributed by atoms with Crippen molar-refractivity contribution in [3.63, 3.8) is 0 Å². The van der Waals surface area contributed by atoms with Crippen LogP contribution < -0.4 is 10.1 Å². The van der Waals surface area contributed by atoms with E-state index < -0.39 is 17.2 Å². The number of halogens is 2. The molecule has 4 aliphatic rings. The summed E-state index contributed by atoms with van der Waals surface area (Å²) in [5, 5.41) is 2.75. The van der Waals surface area contributed by atoms with Crippen molar-refractivity contribution < 1.29 is 23.5 Å². The predicted molar refractivity (Wildman–Crippen MR) is 102 cm³/mol. The largest absolute Gasteiger partial charge is 0.487 e. The van der Waals surface area contributed by atoms with Crippen molar-refractivity contribution in [1.29, 1.82) is 0 Å². The molecule has 152 valence electrons. The number of amides is 1. The first-order valence-corrected chi connectivity index (χ1v) is 10.3. The van der Waals surface area contributed by atoms with E-state index in [2.05, 4.69) is 5.32 Å². The fourth-order valence-electron chi connectivity index (χ4n) is 5.68. The van der Waals surface area contributed by atoms with Crippen molar-refractivity contribution >= 4 is 23.5 Å². The summed E-state index contributed by atoms with van der Waals surface area (Å²) in [6.07, 6.45) is 5.62. The minimum atomic E-state index is -0.532. The Morgan fingerprint density at radius 1 is 1.14 bits per heavy atom. The molecule has 0 aromatic heterocycles. The van der Waals surface area contributed by atoms with E-state index >= 15 is 0 Å². The Morgan fingerprint density at radius 3 is 2.54 bits per heavy atom. The lowest BCUT2D eigenvalue weighted by molar-refractivity contribution is -0.150. The molecule has 2 atom stereocenters. The molecule has 5 rings (SSSR count). The lowest BCUT2D eigenvalue weighted by Crippen LogP contribution is -2.58. The van der Waals surface area contributed by atoms with Gasteiger partial charge in [0.2, 0.25) is 5.91 Å². The van der Waals surface area contributed by atoms with Crippen LogP contribution in [-0.2, 0) is 14.3 Å². The van der Waals surface area contributed by atoms with E-state index in [4.69, 9.17) is 21.1 Å². The molecular weight excluding hydrogens is 385 g/mol. The van der Waals surface area contributed by atoms with Gasteiger partial charge in [-0.25, -0.2) is 4.39 Å². The zero-order valence-corrected chi connectivity index (χ0v) is 16.5. The molecule has 28 heavy (non-hydrogen) atoms. The highest BCUT2D eigenvalue weighted by Gasteiger charge is 2.60. The van der Waals surface area contributed by atoms with Crippen LogP contribution in [0.4, 0.5) is 4.39 Å². The van der Waals surface area contributed by atoms with Crippen LogP contribution in [-0.4, -0.2) is 36.5 Å². The van der Waals surface area contributed by atoms with E-state index in [0.29, 0.717) is 18.3 Å². The van der Waals surface area contributed by atoms with Crippen LogP contribution in [0.5, 0.6) is 5.75 Å². The third-order valence-corrected chi connectivity index (χ3v) is 6.75. The lowest BCUT2D eigenvalue weighted by atomic mass is 9.49. The van der Waals surface area contributed by atoms with Crippen LogP contribution in [0.2, 0.25) is 0 Å². The maximum absolute atomic E-state index is 13.4. The summed E-state index contributed by atoms with van der Waals surface area (Å²) in [4.78, 5) is 24.5. The number of hydrogen-bond acceptors (Lipinski definition) is 4. The molecule has 0 spiro atoms. The Morgan fingerprint density at radius 2 is 1.86 bits per heavy atom. The second kappa shape index (κ2) is 7.54. The zero-order valence-electron chi connectivity index (χ0n) is 15.7. The third-order valence-electron chi connectivity index (χ3n) is 6.31. The van der Waals surface area contributed by atoms with Gasteiger partial charge in [-0.1, -0.05) is 12.1 Å². The number of rotatable bonds is 7. The maximum Gasteiger partial charge on any atom is 0.325 e. The van der Waals surface area contributed by atoms with Crippen molar-refractivity contribution in [2.24, 2.45) is 17.3 Å². The summed E-state index contributed by atoms with van der Waals surface area (Å²) in [5.41, 5.74) is -0.430. The summed E-state index contributed by atoms with van der Waals surface area (Å²) < 4.78 is 23.7. The topological polar surface area (TPSA) is 64.6 Å². The van der Waals surface area contributed by atoms with Gasteiger partial charge in [-0.15, -0.1) is 11.6 Å². The Hall–Kier alpha value is -1.82.